The van der Waals surface area contributed by atoms with Gasteiger partial charge in [0.15, 0.2) is 5.82 Å². The minimum Gasteiger partial charge on any atom is -0.353 e. The normalized spacial score (nSPS) is 17.6. The van der Waals surface area contributed by atoms with Crippen molar-refractivity contribution in [2.45, 2.75) is 12.5 Å². The zero-order valence-electron chi connectivity index (χ0n) is 12.7. The van der Waals surface area contributed by atoms with E-state index in [9.17, 15) is 0 Å². The molecule has 6 heteroatoms. The molecule has 3 heterocycles. The first-order valence-corrected chi connectivity index (χ1v) is 7.72. The van der Waals surface area contributed by atoms with E-state index in [1.54, 1.807) is 12.5 Å². The minimum atomic E-state index is 0.203. The molecule has 1 aromatic carbocycles. The molecular formula is C17H18N6. The number of anilines is 1. The summed E-state index contributed by atoms with van der Waals surface area (Å²) in [5.41, 5.74) is 8.04. The Hall–Kier alpha value is -2.73. The van der Waals surface area contributed by atoms with Gasteiger partial charge in [-0.3, -0.25) is 4.57 Å². The molecule has 0 amide bonds. The number of benzene rings is 1. The lowest BCUT2D eigenvalue weighted by Crippen LogP contribution is -2.27. The van der Waals surface area contributed by atoms with Crippen LogP contribution in [0.3, 0.4) is 0 Å². The molecule has 2 N–H and O–H groups in total. The highest BCUT2D eigenvalue weighted by atomic mass is 15.3. The molecule has 0 saturated carbocycles. The van der Waals surface area contributed by atoms with E-state index >= 15 is 0 Å². The number of rotatable bonds is 3. The standard InChI is InChI=1S/C17H18N6/c18-14-6-8-22(11-14)17-15(10-19-12-21-17)23-9-7-20-16(23)13-4-2-1-3-5-13/h1-5,7,9-10,12,14H,6,8,11,18H2/t14-/m0/s1. The molecule has 116 valence electrons. The number of hydrogen-bond donors (Lipinski definition) is 1. The maximum absolute atomic E-state index is 6.05. The van der Waals surface area contributed by atoms with Crippen molar-refractivity contribution in [3.8, 4) is 17.1 Å². The van der Waals surface area contributed by atoms with Crippen LogP contribution in [-0.4, -0.2) is 38.7 Å². The largest absolute Gasteiger partial charge is 0.353 e. The topological polar surface area (TPSA) is 72.9 Å². The summed E-state index contributed by atoms with van der Waals surface area (Å²) in [5.74, 6) is 1.79. The first-order valence-electron chi connectivity index (χ1n) is 7.72. The van der Waals surface area contributed by atoms with Gasteiger partial charge in [0.2, 0.25) is 0 Å². The van der Waals surface area contributed by atoms with Crippen molar-refractivity contribution in [1.29, 1.82) is 0 Å². The number of imidazole rings is 1. The van der Waals surface area contributed by atoms with Crippen LogP contribution in [0.25, 0.3) is 17.1 Å². The molecule has 1 aliphatic rings. The Bertz CT molecular complexity index is 798. The molecule has 4 rings (SSSR count). The van der Waals surface area contributed by atoms with Crippen LogP contribution in [-0.2, 0) is 0 Å². The number of nitrogens with zero attached hydrogens (tertiary/aromatic N) is 5. The summed E-state index contributed by atoms with van der Waals surface area (Å²) in [5, 5.41) is 0. The van der Waals surface area contributed by atoms with Crippen molar-refractivity contribution in [2.24, 2.45) is 5.73 Å². The Kier molecular flexibility index (Phi) is 3.51. The summed E-state index contributed by atoms with van der Waals surface area (Å²) in [6, 6.07) is 10.3. The minimum absolute atomic E-state index is 0.203. The lowest BCUT2D eigenvalue weighted by molar-refractivity contribution is 0.751. The first kappa shape index (κ1) is 13.9. The molecule has 0 aliphatic carbocycles. The summed E-state index contributed by atoms with van der Waals surface area (Å²) in [6.07, 6.45) is 8.15. The molecule has 1 atom stereocenters. The van der Waals surface area contributed by atoms with Gasteiger partial charge in [-0.15, -0.1) is 0 Å². The van der Waals surface area contributed by atoms with E-state index in [-0.39, 0.29) is 6.04 Å². The second kappa shape index (κ2) is 5.81. The second-order valence-electron chi connectivity index (χ2n) is 5.71. The van der Waals surface area contributed by atoms with Crippen molar-refractivity contribution >= 4 is 5.82 Å². The molecule has 1 aliphatic heterocycles. The van der Waals surface area contributed by atoms with E-state index < -0.39 is 0 Å². The van der Waals surface area contributed by atoms with Gasteiger partial charge in [0.05, 0.1) is 6.20 Å². The van der Waals surface area contributed by atoms with E-state index in [4.69, 9.17) is 5.73 Å². The molecule has 0 unspecified atom stereocenters. The van der Waals surface area contributed by atoms with Crippen LogP contribution in [0.5, 0.6) is 0 Å². The molecule has 1 saturated heterocycles. The van der Waals surface area contributed by atoms with Gasteiger partial charge >= 0.3 is 0 Å². The molecule has 2 aromatic heterocycles. The van der Waals surface area contributed by atoms with Gasteiger partial charge < -0.3 is 10.6 Å². The van der Waals surface area contributed by atoms with Gasteiger partial charge in [-0.25, -0.2) is 15.0 Å². The van der Waals surface area contributed by atoms with Gasteiger partial charge in [-0.1, -0.05) is 30.3 Å². The fourth-order valence-electron chi connectivity index (χ4n) is 3.01. The van der Waals surface area contributed by atoms with Crippen molar-refractivity contribution in [1.82, 2.24) is 19.5 Å². The Balaban J connectivity index is 1.80. The number of hydrogen-bond acceptors (Lipinski definition) is 5. The zero-order chi connectivity index (χ0) is 15.6. The maximum Gasteiger partial charge on any atom is 0.156 e. The Morgan fingerprint density at radius 2 is 2.00 bits per heavy atom. The highest BCUT2D eigenvalue weighted by Crippen LogP contribution is 2.28. The maximum atomic E-state index is 6.05. The fourth-order valence-corrected chi connectivity index (χ4v) is 3.01. The molecule has 0 spiro atoms. The summed E-state index contributed by atoms with van der Waals surface area (Å²) < 4.78 is 2.04. The number of nitrogens with two attached hydrogens (primary N) is 1. The highest BCUT2D eigenvalue weighted by molar-refractivity contribution is 5.64. The quantitative estimate of drug-likeness (QED) is 0.799. The highest BCUT2D eigenvalue weighted by Gasteiger charge is 2.24. The molecule has 6 nitrogen and oxygen atoms in total. The molecule has 0 bridgehead atoms. The third-order valence-corrected chi connectivity index (χ3v) is 4.13. The molecule has 23 heavy (non-hydrogen) atoms. The average Bonchev–Trinajstić information content (AvgIpc) is 3.24. The van der Waals surface area contributed by atoms with E-state index in [1.807, 2.05) is 47.3 Å². The lowest BCUT2D eigenvalue weighted by Gasteiger charge is -2.20. The Labute approximate surface area is 134 Å². The summed E-state index contributed by atoms with van der Waals surface area (Å²) in [6.45, 7) is 1.74. The summed E-state index contributed by atoms with van der Waals surface area (Å²) >= 11 is 0. The van der Waals surface area contributed by atoms with Crippen molar-refractivity contribution in [3.05, 3.63) is 55.2 Å². The monoisotopic (exact) mass is 306 g/mol. The first-order chi connectivity index (χ1) is 11.3. The van der Waals surface area contributed by atoms with Gasteiger partial charge in [-0.2, -0.15) is 0 Å². The molecular weight excluding hydrogens is 288 g/mol. The Morgan fingerprint density at radius 1 is 1.13 bits per heavy atom. The number of aromatic nitrogens is 4. The third kappa shape index (κ3) is 2.57. The van der Waals surface area contributed by atoms with Gasteiger partial charge in [-0.05, 0) is 6.42 Å². The van der Waals surface area contributed by atoms with Crippen LogP contribution in [0.1, 0.15) is 6.42 Å². The van der Waals surface area contributed by atoms with Crippen LogP contribution < -0.4 is 10.6 Å². The van der Waals surface area contributed by atoms with Crippen LogP contribution in [0.4, 0.5) is 5.82 Å². The van der Waals surface area contributed by atoms with E-state index in [2.05, 4.69) is 19.9 Å². The van der Waals surface area contributed by atoms with Crippen LogP contribution in [0.15, 0.2) is 55.2 Å². The van der Waals surface area contributed by atoms with E-state index in [0.29, 0.717) is 0 Å². The third-order valence-electron chi connectivity index (χ3n) is 4.13. The fraction of sp³-hybridized carbons (Fsp3) is 0.235. The molecule has 0 radical (unpaired) electrons. The van der Waals surface area contributed by atoms with Gasteiger partial charge in [0.25, 0.3) is 0 Å². The molecule has 3 aromatic rings. The summed E-state index contributed by atoms with van der Waals surface area (Å²) in [7, 11) is 0. The lowest BCUT2D eigenvalue weighted by atomic mass is 10.2. The van der Waals surface area contributed by atoms with Gasteiger partial charge in [0.1, 0.15) is 17.8 Å². The zero-order valence-corrected chi connectivity index (χ0v) is 12.7. The predicted octanol–water partition coefficient (Wildman–Crippen LogP) is 1.87. The average molecular weight is 306 g/mol. The summed E-state index contributed by atoms with van der Waals surface area (Å²) in [4.78, 5) is 15.4. The Morgan fingerprint density at radius 3 is 2.78 bits per heavy atom. The smallest absolute Gasteiger partial charge is 0.156 e. The molecule has 1 fully saturated rings. The van der Waals surface area contributed by atoms with Gasteiger partial charge in [0, 0.05) is 37.1 Å². The SMILES string of the molecule is N[C@H]1CCN(c2ncncc2-n2ccnc2-c2ccccc2)C1. The van der Waals surface area contributed by atoms with Crippen LogP contribution in [0, 0.1) is 0 Å². The van der Waals surface area contributed by atoms with Crippen molar-refractivity contribution in [3.63, 3.8) is 0 Å². The van der Waals surface area contributed by atoms with E-state index in [0.717, 1.165) is 42.4 Å². The van der Waals surface area contributed by atoms with Crippen molar-refractivity contribution in [2.75, 3.05) is 18.0 Å². The second-order valence-corrected chi connectivity index (χ2v) is 5.71. The van der Waals surface area contributed by atoms with Crippen LogP contribution >= 0.6 is 0 Å². The predicted molar refractivity (Wildman–Crippen MR) is 89.4 cm³/mol. The van der Waals surface area contributed by atoms with Crippen LogP contribution in [0.2, 0.25) is 0 Å². The van der Waals surface area contributed by atoms with Crippen molar-refractivity contribution < 1.29 is 0 Å². The van der Waals surface area contributed by atoms with E-state index in [1.165, 1.54) is 0 Å².